The van der Waals surface area contributed by atoms with Crippen molar-refractivity contribution < 1.29 is 19.4 Å². The Bertz CT molecular complexity index is 736. The highest BCUT2D eigenvalue weighted by atomic mass is 16.5. The lowest BCUT2D eigenvalue weighted by Crippen LogP contribution is -2.67. The number of hydrogen-bond acceptors (Lipinski definition) is 4. The SMILES string of the molecule is C[C@]12C=CC(=O)C=C1CC[C@@H]1[C@@H]2C(O)C[C@@]2(C)[C@H]1CC[C@@]21OCC1=O. The number of aliphatic hydroxyl groups excluding tert-OH is 1. The number of rotatable bonds is 0. The van der Waals surface area contributed by atoms with Crippen molar-refractivity contribution in [1.29, 1.82) is 0 Å². The maximum Gasteiger partial charge on any atom is 0.190 e. The van der Waals surface area contributed by atoms with E-state index < -0.39 is 11.7 Å². The van der Waals surface area contributed by atoms with E-state index >= 15 is 0 Å². The first-order valence-electron chi connectivity index (χ1n) is 9.61. The van der Waals surface area contributed by atoms with Gasteiger partial charge in [-0.1, -0.05) is 25.5 Å². The second-order valence-corrected chi connectivity index (χ2v) is 9.29. The summed E-state index contributed by atoms with van der Waals surface area (Å²) in [7, 11) is 0. The van der Waals surface area contributed by atoms with Gasteiger partial charge in [-0.05, 0) is 56.1 Å². The fraction of sp³-hybridized carbons (Fsp3) is 0.714. The number of carbonyl (C=O) groups excluding carboxylic acids is 2. The van der Waals surface area contributed by atoms with Crippen LogP contribution in [0, 0.1) is 28.6 Å². The Hall–Kier alpha value is -1.26. The molecule has 25 heavy (non-hydrogen) atoms. The van der Waals surface area contributed by atoms with Gasteiger partial charge in [-0.15, -0.1) is 0 Å². The van der Waals surface area contributed by atoms with Crippen molar-refractivity contribution in [3.05, 3.63) is 23.8 Å². The van der Waals surface area contributed by atoms with Gasteiger partial charge in [0.1, 0.15) is 12.2 Å². The van der Waals surface area contributed by atoms with E-state index in [1.807, 2.05) is 6.08 Å². The van der Waals surface area contributed by atoms with Gasteiger partial charge in [0.2, 0.25) is 0 Å². The molecule has 5 rings (SSSR count). The molecule has 1 unspecified atom stereocenters. The summed E-state index contributed by atoms with van der Waals surface area (Å²) < 4.78 is 5.91. The van der Waals surface area contributed by atoms with Crippen LogP contribution in [0.2, 0.25) is 0 Å². The Labute approximate surface area is 148 Å². The maximum atomic E-state index is 12.4. The van der Waals surface area contributed by atoms with Crippen LogP contribution < -0.4 is 0 Å². The monoisotopic (exact) mass is 342 g/mol. The number of fused-ring (bicyclic) bond motifs is 6. The van der Waals surface area contributed by atoms with Gasteiger partial charge in [0, 0.05) is 16.7 Å². The minimum Gasteiger partial charge on any atom is -0.393 e. The minimum absolute atomic E-state index is 0.0642. The van der Waals surface area contributed by atoms with Crippen LogP contribution in [0.4, 0.5) is 0 Å². The number of aliphatic hydroxyl groups is 1. The highest BCUT2D eigenvalue weighted by Crippen LogP contribution is 2.68. The lowest BCUT2D eigenvalue weighted by molar-refractivity contribution is -0.224. The number of Topliss-reactive ketones (excluding diaryl/α,β-unsaturated/α-hetero) is 1. The molecule has 1 spiro atoms. The van der Waals surface area contributed by atoms with E-state index in [4.69, 9.17) is 4.74 Å². The molecule has 1 heterocycles. The number of ether oxygens (including phenoxy) is 1. The van der Waals surface area contributed by atoms with Crippen LogP contribution in [-0.2, 0) is 14.3 Å². The van der Waals surface area contributed by atoms with E-state index in [1.165, 1.54) is 5.57 Å². The largest absolute Gasteiger partial charge is 0.393 e. The molecule has 7 atom stereocenters. The second-order valence-electron chi connectivity index (χ2n) is 9.29. The van der Waals surface area contributed by atoms with Crippen LogP contribution in [0.1, 0.15) is 46.0 Å². The molecule has 0 aromatic rings. The average Bonchev–Trinajstić information content (AvgIpc) is 2.88. The van der Waals surface area contributed by atoms with Crippen molar-refractivity contribution in [3.63, 3.8) is 0 Å². The predicted molar refractivity (Wildman–Crippen MR) is 91.7 cm³/mol. The number of carbonyl (C=O) groups is 2. The smallest absolute Gasteiger partial charge is 0.190 e. The van der Waals surface area contributed by atoms with Gasteiger partial charge in [-0.2, -0.15) is 0 Å². The molecular weight excluding hydrogens is 316 g/mol. The summed E-state index contributed by atoms with van der Waals surface area (Å²) in [6, 6.07) is 0. The summed E-state index contributed by atoms with van der Waals surface area (Å²) in [4.78, 5) is 24.3. The number of hydrogen-bond donors (Lipinski definition) is 1. The zero-order valence-corrected chi connectivity index (χ0v) is 15.0. The average molecular weight is 342 g/mol. The van der Waals surface area contributed by atoms with Crippen LogP contribution >= 0.6 is 0 Å². The molecule has 0 bridgehead atoms. The molecule has 1 saturated heterocycles. The molecule has 134 valence electrons. The highest BCUT2D eigenvalue weighted by Gasteiger charge is 2.71. The number of ketones is 2. The Kier molecular flexibility index (Phi) is 3.01. The van der Waals surface area contributed by atoms with Crippen molar-refractivity contribution in [3.8, 4) is 0 Å². The second kappa shape index (κ2) is 4.72. The van der Waals surface area contributed by atoms with E-state index in [0.29, 0.717) is 18.3 Å². The summed E-state index contributed by atoms with van der Waals surface area (Å²) in [6.07, 6.45) is 9.35. The molecule has 4 heteroatoms. The third-order valence-electron chi connectivity index (χ3n) is 8.52. The third-order valence-corrected chi connectivity index (χ3v) is 8.52. The quantitative estimate of drug-likeness (QED) is 0.735. The van der Waals surface area contributed by atoms with Gasteiger partial charge in [-0.3, -0.25) is 9.59 Å². The number of allylic oxidation sites excluding steroid dienone is 4. The Morgan fingerprint density at radius 3 is 2.72 bits per heavy atom. The van der Waals surface area contributed by atoms with Gasteiger partial charge in [-0.25, -0.2) is 0 Å². The predicted octanol–water partition coefficient (Wildman–Crippen LogP) is 2.60. The van der Waals surface area contributed by atoms with Crippen molar-refractivity contribution in [1.82, 2.24) is 0 Å². The molecule has 4 aliphatic carbocycles. The Morgan fingerprint density at radius 1 is 1.24 bits per heavy atom. The molecule has 1 aliphatic heterocycles. The minimum atomic E-state index is -0.640. The lowest BCUT2D eigenvalue weighted by atomic mass is 9.46. The lowest BCUT2D eigenvalue weighted by Gasteiger charge is -2.61. The van der Waals surface area contributed by atoms with Crippen LogP contribution in [-0.4, -0.2) is 35.0 Å². The molecule has 1 N–H and O–H groups in total. The summed E-state index contributed by atoms with van der Waals surface area (Å²) in [5.74, 6) is 1.21. The fourth-order valence-electron chi connectivity index (χ4n) is 7.31. The van der Waals surface area contributed by atoms with Gasteiger partial charge in [0.15, 0.2) is 11.6 Å². The molecule has 3 saturated carbocycles. The summed E-state index contributed by atoms with van der Waals surface area (Å²) in [5.41, 5.74) is 0.0403. The van der Waals surface area contributed by atoms with Gasteiger partial charge < -0.3 is 9.84 Å². The molecule has 5 aliphatic rings. The van der Waals surface area contributed by atoms with Crippen molar-refractivity contribution in [2.45, 2.75) is 57.7 Å². The molecule has 4 nitrogen and oxygen atoms in total. The molecule has 0 radical (unpaired) electrons. The fourth-order valence-corrected chi connectivity index (χ4v) is 7.31. The van der Waals surface area contributed by atoms with Gasteiger partial charge >= 0.3 is 0 Å². The van der Waals surface area contributed by atoms with E-state index in [-0.39, 0.29) is 34.9 Å². The van der Waals surface area contributed by atoms with E-state index in [2.05, 4.69) is 13.8 Å². The first kappa shape index (κ1) is 16.0. The first-order chi connectivity index (χ1) is 11.8. The van der Waals surface area contributed by atoms with Crippen molar-refractivity contribution in [2.75, 3.05) is 6.61 Å². The molecule has 4 fully saturated rings. The first-order valence-corrected chi connectivity index (χ1v) is 9.61. The zero-order valence-electron chi connectivity index (χ0n) is 15.0. The zero-order chi connectivity index (χ0) is 17.6. The maximum absolute atomic E-state index is 12.4. The normalized spacial score (nSPS) is 53.8. The molecule has 0 amide bonds. The van der Waals surface area contributed by atoms with Gasteiger partial charge in [0.25, 0.3) is 0 Å². The van der Waals surface area contributed by atoms with E-state index in [1.54, 1.807) is 12.2 Å². The van der Waals surface area contributed by atoms with Crippen LogP contribution in [0.25, 0.3) is 0 Å². The van der Waals surface area contributed by atoms with Crippen molar-refractivity contribution >= 4 is 11.6 Å². The van der Waals surface area contributed by atoms with Crippen LogP contribution in [0.15, 0.2) is 23.8 Å². The van der Waals surface area contributed by atoms with Crippen LogP contribution in [0.5, 0.6) is 0 Å². The Morgan fingerprint density at radius 2 is 2.04 bits per heavy atom. The molecular formula is C21H26O4. The topological polar surface area (TPSA) is 63.6 Å². The standard InChI is InChI=1S/C21H26O4/c1-19-7-5-13(22)9-12(19)3-4-14-15-6-8-21(17(24)11-25-21)20(15,2)10-16(23)18(14)19/h5,7,9,14-16,18,23H,3-4,6,8,10-11H2,1-2H3/t14-,15-,16?,18+,19-,20-,21-/m0/s1. The third kappa shape index (κ3) is 1.71. The molecule has 0 aromatic heterocycles. The summed E-state index contributed by atoms with van der Waals surface area (Å²) in [6.45, 7) is 4.59. The van der Waals surface area contributed by atoms with E-state index in [0.717, 1.165) is 25.7 Å². The summed E-state index contributed by atoms with van der Waals surface area (Å²) in [5, 5.41) is 11.2. The van der Waals surface area contributed by atoms with Crippen molar-refractivity contribution in [2.24, 2.45) is 28.6 Å². The van der Waals surface area contributed by atoms with Crippen LogP contribution in [0.3, 0.4) is 0 Å². The summed E-state index contributed by atoms with van der Waals surface area (Å²) >= 11 is 0. The van der Waals surface area contributed by atoms with Gasteiger partial charge in [0.05, 0.1) is 6.10 Å². The molecule has 0 aromatic carbocycles. The Balaban J connectivity index is 1.56. The highest BCUT2D eigenvalue weighted by molar-refractivity contribution is 6.01. The van der Waals surface area contributed by atoms with E-state index in [9.17, 15) is 14.7 Å².